The SMILES string of the molecule is CCC(C)(Cc1ccccc1)NC. The van der Waals surface area contributed by atoms with Crippen LogP contribution in [0.15, 0.2) is 30.3 Å². The van der Waals surface area contributed by atoms with Crippen molar-refractivity contribution in [2.45, 2.75) is 32.2 Å². The molecule has 1 aromatic carbocycles. The van der Waals surface area contributed by atoms with Crippen LogP contribution in [0.25, 0.3) is 0 Å². The first kappa shape index (κ1) is 10.3. The highest BCUT2D eigenvalue weighted by molar-refractivity contribution is 5.17. The van der Waals surface area contributed by atoms with Gasteiger partial charge in [0.15, 0.2) is 0 Å². The van der Waals surface area contributed by atoms with Crippen LogP contribution in [0.3, 0.4) is 0 Å². The van der Waals surface area contributed by atoms with Crippen molar-refractivity contribution in [1.82, 2.24) is 5.32 Å². The molecule has 0 bridgehead atoms. The van der Waals surface area contributed by atoms with Gasteiger partial charge in [-0.15, -0.1) is 0 Å². The highest BCUT2D eigenvalue weighted by Crippen LogP contribution is 2.15. The lowest BCUT2D eigenvalue weighted by Crippen LogP contribution is -2.41. The Hall–Kier alpha value is -0.820. The minimum Gasteiger partial charge on any atom is -0.314 e. The standard InChI is InChI=1S/C12H19N/c1-4-12(2,13-3)10-11-8-6-5-7-9-11/h5-9,13H,4,10H2,1-3H3. The minimum absolute atomic E-state index is 0.237. The van der Waals surface area contributed by atoms with Gasteiger partial charge in [-0.2, -0.15) is 0 Å². The number of benzene rings is 1. The summed E-state index contributed by atoms with van der Waals surface area (Å²) < 4.78 is 0. The Morgan fingerprint density at radius 1 is 1.23 bits per heavy atom. The van der Waals surface area contributed by atoms with E-state index in [0.29, 0.717) is 0 Å². The molecular formula is C12H19N. The van der Waals surface area contributed by atoms with Crippen molar-refractivity contribution in [3.05, 3.63) is 35.9 Å². The molecule has 1 unspecified atom stereocenters. The zero-order chi connectivity index (χ0) is 9.73. The van der Waals surface area contributed by atoms with Crippen LogP contribution >= 0.6 is 0 Å². The molecule has 0 fully saturated rings. The second-order valence-corrected chi connectivity index (χ2v) is 3.83. The van der Waals surface area contributed by atoms with Crippen molar-refractivity contribution in [3.63, 3.8) is 0 Å². The van der Waals surface area contributed by atoms with Crippen molar-refractivity contribution in [2.24, 2.45) is 0 Å². The number of rotatable bonds is 4. The van der Waals surface area contributed by atoms with Gasteiger partial charge in [-0.1, -0.05) is 37.3 Å². The van der Waals surface area contributed by atoms with Gasteiger partial charge >= 0.3 is 0 Å². The molecular weight excluding hydrogens is 158 g/mol. The first-order valence-corrected chi connectivity index (χ1v) is 4.93. The number of nitrogens with one attached hydrogen (secondary N) is 1. The Balaban J connectivity index is 2.68. The molecule has 1 nitrogen and oxygen atoms in total. The van der Waals surface area contributed by atoms with E-state index in [1.165, 1.54) is 5.56 Å². The average Bonchev–Trinajstić information content (AvgIpc) is 2.19. The summed E-state index contributed by atoms with van der Waals surface area (Å²) >= 11 is 0. The summed E-state index contributed by atoms with van der Waals surface area (Å²) in [4.78, 5) is 0. The molecule has 0 saturated carbocycles. The van der Waals surface area contributed by atoms with Crippen LogP contribution in [-0.2, 0) is 6.42 Å². The minimum atomic E-state index is 0.237. The third-order valence-corrected chi connectivity index (χ3v) is 2.82. The zero-order valence-corrected chi connectivity index (χ0v) is 8.80. The molecule has 1 N–H and O–H groups in total. The predicted octanol–water partition coefficient (Wildman–Crippen LogP) is 2.62. The Bertz CT molecular complexity index is 237. The molecule has 1 atom stereocenters. The van der Waals surface area contributed by atoms with Crippen LogP contribution in [0.4, 0.5) is 0 Å². The normalized spacial score (nSPS) is 15.3. The molecule has 0 aliphatic carbocycles. The number of likely N-dealkylation sites (N-methyl/N-ethyl adjacent to an activating group) is 1. The Morgan fingerprint density at radius 3 is 2.31 bits per heavy atom. The fourth-order valence-corrected chi connectivity index (χ4v) is 1.44. The van der Waals surface area contributed by atoms with Crippen molar-refractivity contribution >= 4 is 0 Å². The molecule has 13 heavy (non-hydrogen) atoms. The van der Waals surface area contributed by atoms with Gasteiger partial charge in [0, 0.05) is 5.54 Å². The molecule has 0 spiro atoms. The van der Waals surface area contributed by atoms with E-state index in [0.717, 1.165) is 12.8 Å². The number of hydrogen-bond acceptors (Lipinski definition) is 1. The van der Waals surface area contributed by atoms with Crippen LogP contribution in [0.1, 0.15) is 25.8 Å². The maximum atomic E-state index is 3.38. The fraction of sp³-hybridized carbons (Fsp3) is 0.500. The van der Waals surface area contributed by atoms with Crippen LogP contribution in [-0.4, -0.2) is 12.6 Å². The van der Waals surface area contributed by atoms with Crippen LogP contribution in [0.5, 0.6) is 0 Å². The Kier molecular flexibility index (Phi) is 3.49. The van der Waals surface area contributed by atoms with E-state index in [9.17, 15) is 0 Å². The lowest BCUT2D eigenvalue weighted by molar-refractivity contribution is 0.369. The lowest BCUT2D eigenvalue weighted by atomic mass is 9.90. The topological polar surface area (TPSA) is 12.0 Å². The second kappa shape index (κ2) is 4.43. The summed E-state index contributed by atoms with van der Waals surface area (Å²) in [6.07, 6.45) is 2.25. The summed E-state index contributed by atoms with van der Waals surface area (Å²) in [7, 11) is 2.03. The molecule has 1 heteroatoms. The second-order valence-electron chi connectivity index (χ2n) is 3.83. The monoisotopic (exact) mass is 177 g/mol. The molecule has 0 saturated heterocycles. The molecule has 1 rings (SSSR count). The molecule has 0 aliphatic heterocycles. The van der Waals surface area contributed by atoms with Gasteiger partial charge in [-0.05, 0) is 32.4 Å². The molecule has 72 valence electrons. The zero-order valence-electron chi connectivity index (χ0n) is 8.80. The van der Waals surface area contributed by atoms with Crippen molar-refractivity contribution in [2.75, 3.05) is 7.05 Å². The molecule has 1 aromatic rings. The van der Waals surface area contributed by atoms with Crippen LogP contribution < -0.4 is 5.32 Å². The smallest absolute Gasteiger partial charge is 0.0188 e. The molecule has 0 heterocycles. The molecule has 0 radical (unpaired) electrons. The third kappa shape index (κ3) is 2.85. The van der Waals surface area contributed by atoms with E-state index < -0.39 is 0 Å². The Morgan fingerprint density at radius 2 is 1.85 bits per heavy atom. The third-order valence-electron chi connectivity index (χ3n) is 2.82. The molecule has 0 aliphatic rings. The quantitative estimate of drug-likeness (QED) is 0.745. The summed E-state index contributed by atoms with van der Waals surface area (Å²) in [6, 6.07) is 10.6. The van der Waals surface area contributed by atoms with Gasteiger partial charge in [0.2, 0.25) is 0 Å². The molecule has 0 amide bonds. The van der Waals surface area contributed by atoms with Crippen molar-refractivity contribution < 1.29 is 0 Å². The largest absolute Gasteiger partial charge is 0.314 e. The van der Waals surface area contributed by atoms with Gasteiger partial charge in [-0.3, -0.25) is 0 Å². The van der Waals surface area contributed by atoms with Crippen LogP contribution in [0.2, 0.25) is 0 Å². The Labute approximate surface area is 81.2 Å². The maximum absolute atomic E-state index is 3.38. The summed E-state index contributed by atoms with van der Waals surface area (Å²) in [5.41, 5.74) is 1.64. The van der Waals surface area contributed by atoms with Gasteiger partial charge in [0.1, 0.15) is 0 Å². The lowest BCUT2D eigenvalue weighted by Gasteiger charge is -2.27. The average molecular weight is 177 g/mol. The summed E-state index contributed by atoms with van der Waals surface area (Å²) in [5.74, 6) is 0. The first-order chi connectivity index (χ1) is 6.20. The predicted molar refractivity (Wildman–Crippen MR) is 57.9 cm³/mol. The first-order valence-electron chi connectivity index (χ1n) is 4.93. The maximum Gasteiger partial charge on any atom is 0.0188 e. The highest BCUT2D eigenvalue weighted by atomic mass is 14.9. The summed E-state index contributed by atoms with van der Waals surface area (Å²) in [5, 5.41) is 3.38. The van der Waals surface area contributed by atoms with E-state index in [-0.39, 0.29) is 5.54 Å². The van der Waals surface area contributed by atoms with E-state index in [1.54, 1.807) is 0 Å². The highest BCUT2D eigenvalue weighted by Gasteiger charge is 2.19. The van der Waals surface area contributed by atoms with Crippen molar-refractivity contribution in [3.8, 4) is 0 Å². The van der Waals surface area contributed by atoms with Gasteiger partial charge < -0.3 is 5.32 Å². The summed E-state index contributed by atoms with van der Waals surface area (Å²) in [6.45, 7) is 4.49. The van der Waals surface area contributed by atoms with Crippen molar-refractivity contribution in [1.29, 1.82) is 0 Å². The fourth-order valence-electron chi connectivity index (χ4n) is 1.44. The van der Waals surface area contributed by atoms with Gasteiger partial charge in [0.05, 0.1) is 0 Å². The van der Waals surface area contributed by atoms with E-state index in [4.69, 9.17) is 0 Å². The van der Waals surface area contributed by atoms with E-state index >= 15 is 0 Å². The van der Waals surface area contributed by atoms with Crippen LogP contribution in [0, 0.1) is 0 Å². The van der Waals surface area contributed by atoms with E-state index in [1.807, 2.05) is 7.05 Å². The van der Waals surface area contributed by atoms with Gasteiger partial charge in [-0.25, -0.2) is 0 Å². The van der Waals surface area contributed by atoms with Gasteiger partial charge in [0.25, 0.3) is 0 Å². The number of hydrogen-bond donors (Lipinski definition) is 1. The van der Waals surface area contributed by atoms with E-state index in [2.05, 4.69) is 49.5 Å². The molecule has 0 aromatic heterocycles.